The van der Waals surface area contributed by atoms with Gasteiger partial charge >= 0.3 is 0 Å². The first-order chi connectivity index (χ1) is 12.9. The molecule has 27 heavy (non-hydrogen) atoms. The molecule has 0 radical (unpaired) electrons. The highest BCUT2D eigenvalue weighted by molar-refractivity contribution is 7.93. The predicted octanol–water partition coefficient (Wildman–Crippen LogP) is 1.98. The van der Waals surface area contributed by atoms with E-state index in [1.807, 2.05) is 19.1 Å². The lowest BCUT2D eigenvalue weighted by atomic mass is 10.2. The molecule has 0 spiro atoms. The lowest BCUT2D eigenvalue weighted by Crippen LogP contribution is -2.49. The summed E-state index contributed by atoms with van der Waals surface area (Å²) in [6.07, 6.45) is 0.556. The largest absolute Gasteiger partial charge is 0.476 e. The lowest BCUT2D eigenvalue weighted by molar-refractivity contribution is -0.124. The number of anilines is 1. The summed E-state index contributed by atoms with van der Waals surface area (Å²) in [5.74, 6) is -0.434. The number of pyridine rings is 1. The maximum Gasteiger partial charge on any atom is 0.266 e. The molecule has 0 unspecified atom stereocenters. The molecule has 4 rings (SSSR count). The molecule has 0 saturated heterocycles. The van der Waals surface area contributed by atoms with E-state index in [0.29, 0.717) is 17.0 Å². The molecule has 0 aliphatic carbocycles. The first kappa shape index (κ1) is 17.3. The van der Waals surface area contributed by atoms with E-state index >= 15 is 0 Å². The smallest absolute Gasteiger partial charge is 0.266 e. The van der Waals surface area contributed by atoms with Crippen molar-refractivity contribution in [3.8, 4) is 5.75 Å². The van der Waals surface area contributed by atoms with Crippen LogP contribution in [-0.2, 0) is 14.8 Å². The van der Waals surface area contributed by atoms with Gasteiger partial charge in [0.05, 0.1) is 17.7 Å². The van der Waals surface area contributed by atoms with Crippen LogP contribution >= 0.6 is 0 Å². The number of ether oxygens (including phenoxy) is 1. The van der Waals surface area contributed by atoms with Gasteiger partial charge in [-0.2, -0.15) is 0 Å². The Morgan fingerprint density at radius 3 is 2.78 bits per heavy atom. The molecular formula is C19H17N3O4S. The number of primary amides is 1. The molecule has 1 atom stereocenters. The van der Waals surface area contributed by atoms with E-state index in [-0.39, 0.29) is 11.4 Å². The van der Waals surface area contributed by atoms with Crippen LogP contribution in [0, 0.1) is 6.92 Å². The normalized spacial score (nSPS) is 16.6. The molecule has 3 aromatic rings. The van der Waals surface area contributed by atoms with Gasteiger partial charge in [-0.25, -0.2) is 8.42 Å². The third-order valence-electron chi connectivity index (χ3n) is 4.43. The second-order valence-electron chi connectivity index (χ2n) is 6.35. The van der Waals surface area contributed by atoms with Crippen molar-refractivity contribution in [1.82, 2.24) is 4.98 Å². The highest BCUT2D eigenvalue weighted by Crippen LogP contribution is 2.37. The number of aryl methyl sites for hydroxylation is 1. The fourth-order valence-electron chi connectivity index (χ4n) is 3.15. The minimum atomic E-state index is -4.00. The Morgan fingerprint density at radius 1 is 1.22 bits per heavy atom. The number of carbonyl (C=O) groups excluding carboxylic acids is 1. The predicted molar refractivity (Wildman–Crippen MR) is 101 cm³/mol. The number of nitrogens with two attached hydrogens (primary N) is 1. The molecule has 0 bridgehead atoms. The molecule has 1 aromatic heterocycles. The first-order valence-electron chi connectivity index (χ1n) is 8.31. The highest BCUT2D eigenvalue weighted by atomic mass is 32.2. The number of hydrogen-bond donors (Lipinski definition) is 1. The van der Waals surface area contributed by atoms with Gasteiger partial charge in [-0.15, -0.1) is 0 Å². The number of fused-ring (bicyclic) bond motifs is 2. The number of aromatic nitrogens is 1. The fraction of sp³-hybridized carbons (Fsp3) is 0.158. The average molecular weight is 383 g/mol. The molecule has 8 heteroatoms. The summed E-state index contributed by atoms with van der Waals surface area (Å²) >= 11 is 0. The number of benzene rings is 2. The summed E-state index contributed by atoms with van der Waals surface area (Å²) in [6, 6.07) is 13.5. The standard InChI is InChI=1S/C19H17N3O4S/c1-12-9-13-5-4-8-17(18(13)21-10-12)27(24,25)22-11-16(19(20)23)26-15-7-3-2-6-14(15)22/h2-10,16H,11H2,1H3,(H2,20,23)/t16-/m1/s1. The summed E-state index contributed by atoms with van der Waals surface area (Å²) in [6.45, 7) is 1.69. The first-order valence-corrected chi connectivity index (χ1v) is 9.75. The van der Waals surface area contributed by atoms with Gasteiger partial charge in [0, 0.05) is 11.6 Å². The van der Waals surface area contributed by atoms with Gasteiger partial charge in [-0.3, -0.25) is 14.1 Å². The number of sulfonamides is 1. The van der Waals surface area contributed by atoms with Gasteiger partial charge in [-0.05, 0) is 36.8 Å². The third kappa shape index (κ3) is 2.87. The number of nitrogens with zero attached hydrogens (tertiary/aromatic N) is 2. The molecule has 0 saturated carbocycles. The Balaban J connectivity index is 1.91. The van der Waals surface area contributed by atoms with Crippen LogP contribution in [0.2, 0.25) is 0 Å². The van der Waals surface area contributed by atoms with E-state index < -0.39 is 22.0 Å². The van der Waals surface area contributed by atoms with Crippen molar-refractivity contribution >= 4 is 32.5 Å². The molecule has 2 N–H and O–H groups in total. The number of para-hydroxylation sites is 3. The Kier molecular flexibility index (Phi) is 4.00. The third-order valence-corrected chi connectivity index (χ3v) is 6.24. The van der Waals surface area contributed by atoms with Crippen molar-refractivity contribution in [3.05, 3.63) is 60.3 Å². The van der Waals surface area contributed by atoms with E-state index in [1.165, 1.54) is 6.07 Å². The molecule has 1 amide bonds. The summed E-state index contributed by atoms with van der Waals surface area (Å²) < 4.78 is 33.7. The zero-order chi connectivity index (χ0) is 19.2. The van der Waals surface area contributed by atoms with Crippen molar-refractivity contribution in [2.75, 3.05) is 10.8 Å². The Bertz CT molecular complexity index is 1160. The summed E-state index contributed by atoms with van der Waals surface area (Å²) in [5, 5.41) is 0.726. The monoisotopic (exact) mass is 383 g/mol. The van der Waals surface area contributed by atoms with Gasteiger partial charge in [0.2, 0.25) is 0 Å². The molecular weight excluding hydrogens is 366 g/mol. The van der Waals surface area contributed by atoms with Gasteiger partial charge in [-0.1, -0.05) is 24.3 Å². The zero-order valence-electron chi connectivity index (χ0n) is 14.5. The van der Waals surface area contributed by atoms with Crippen LogP contribution < -0.4 is 14.8 Å². The van der Waals surface area contributed by atoms with Crippen molar-refractivity contribution in [2.24, 2.45) is 5.73 Å². The van der Waals surface area contributed by atoms with E-state index in [2.05, 4.69) is 4.98 Å². The molecule has 138 valence electrons. The van der Waals surface area contributed by atoms with Crippen LogP contribution in [-0.4, -0.2) is 32.0 Å². The lowest BCUT2D eigenvalue weighted by Gasteiger charge is -2.34. The molecule has 1 aliphatic rings. The Hall–Kier alpha value is -3.13. The summed E-state index contributed by atoms with van der Waals surface area (Å²) in [7, 11) is -4.00. The molecule has 7 nitrogen and oxygen atoms in total. The van der Waals surface area contributed by atoms with Gasteiger partial charge in [0.25, 0.3) is 15.9 Å². The number of hydrogen-bond acceptors (Lipinski definition) is 5. The van der Waals surface area contributed by atoms with Crippen molar-refractivity contribution in [3.63, 3.8) is 0 Å². The Morgan fingerprint density at radius 2 is 2.00 bits per heavy atom. The van der Waals surface area contributed by atoms with Crippen molar-refractivity contribution < 1.29 is 17.9 Å². The zero-order valence-corrected chi connectivity index (χ0v) is 15.3. The van der Waals surface area contributed by atoms with Gasteiger partial charge in [0.15, 0.2) is 6.10 Å². The molecule has 2 aromatic carbocycles. The minimum Gasteiger partial charge on any atom is -0.476 e. The van der Waals surface area contributed by atoms with Crippen LogP contribution in [0.15, 0.2) is 59.6 Å². The number of rotatable bonds is 3. The van der Waals surface area contributed by atoms with Crippen LogP contribution in [0.3, 0.4) is 0 Å². The average Bonchev–Trinajstić information content (AvgIpc) is 2.66. The fourth-order valence-corrected chi connectivity index (χ4v) is 4.79. The molecule has 0 fully saturated rings. The van der Waals surface area contributed by atoms with E-state index in [1.54, 1.807) is 36.5 Å². The van der Waals surface area contributed by atoms with Crippen LogP contribution in [0.1, 0.15) is 5.56 Å². The summed E-state index contributed by atoms with van der Waals surface area (Å²) in [4.78, 5) is 16.1. The van der Waals surface area contributed by atoms with Crippen LogP contribution in [0.25, 0.3) is 10.9 Å². The van der Waals surface area contributed by atoms with Gasteiger partial charge < -0.3 is 10.5 Å². The molecule has 1 aliphatic heterocycles. The Labute approximate surface area is 156 Å². The number of amides is 1. The second-order valence-corrected chi connectivity index (χ2v) is 8.18. The maximum absolute atomic E-state index is 13.5. The highest BCUT2D eigenvalue weighted by Gasteiger charge is 2.37. The quantitative estimate of drug-likeness (QED) is 0.745. The topological polar surface area (TPSA) is 103 Å². The molecule has 2 heterocycles. The van der Waals surface area contributed by atoms with Gasteiger partial charge in [0.1, 0.15) is 10.6 Å². The van der Waals surface area contributed by atoms with Crippen LogP contribution in [0.5, 0.6) is 5.75 Å². The van der Waals surface area contributed by atoms with E-state index in [9.17, 15) is 13.2 Å². The SMILES string of the molecule is Cc1cnc2c(S(=O)(=O)N3C[C@H](C(N)=O)Oc4ccccc43)cccc2c1. The van der Waals surface area contributed by atoms with E-state index in [4.69, 9.17) is 10.5 Å². The number of carbonyl (C=O) groups is 1. The van der Waals surface area contributed by atoms with Crippen molar-refractivity contribution in [1.29, 1.82) is 0 Å². The van der Waals surface area contributed by atoms with Crippen LogP contribution in [0.4, 0.5) is 5.69 Å². The van der Waals surface area contributed by atoms with E-state index in [0.717, 1.165) is 15.3 Å². The minimum absolute atomic E-state index is 0.0694. The summed E-state index contributed by atoms with van der Waals surface area (Å²) in [5.41, 5.74) is 7.05. The second kappa shape index (κ2) is 6.24. The maximum atomic E-state index is 13.5. The van der Waals surface area contributed by atoms with Crippen molar-refractivity contribution in [2.45, 2.75) is 17.9 Å².